The molecule has 1 atom stereocenters. The maximum Gasteiger partial charge on any atom is 0.243 e. The van der Waals surface area contributed by atoms with Gasteiger partial charge in [0.05, 0.1) is 11.9 Å². The third kappa shape index (κ3) is 3.29. The van der Waals surface area contributed by atoms with Crippen LogP contribution in [-0.2, 0) is 10.0 Å². The van der Waals surface area contributed by atoms with E-state index in [2.05, 4.69) is 20.2 Å². The fraction of sp³-hybridized carbons (Fsp3) is 0.667. The molecule has 3 N–H and O–H groups in total. The van der Waals surface area contributed by atoms with Gasteiger partial charge in [0.15, 0.2) is 0 Å². The van der Waals surface area contributed by atoms with Crippen molar-refractivity contribution in [1.82, 2.24) is 20.2 Å². The summed E-state index contributed by atoms with van der Waals surface area (Å²) in [7, 11) is -1.59. The Morgan fingerprint density at radius 1 is 1.50 bits per heavy atom. The number of aryl methyl sites for hydroxylation is 1. The van der Waals surface area contributed by atoms with E-state index in [1.54, 1.807) is 6.92 Å². The molecule has 0 saturated carbocycles. The maximum absolute atomic E-state index is 11.8. The predicted octanol–water partition coefficient (Wildman–Crippen LogP) is -0.148. The Labute approximate surface area is 95.9 Å². The molecular formula is C9H18N4O2S. The van der Waals surface area contributed by atoms with E-state index < -0.39 is 10.0 Å². The van der Waals surface area contributed by atoms with E-state index in [1.165, 1.54) is 6.20 Å². The number of hydrogen-bond acceptors (Lipinski definition) is 4. The van der Waals surface area contributed by atoms with Gasteiger partial charge in [0.1, 0.15) is 4.90 Å². The first-order valence-electron chi connectivity index (χ1n) is 5.11. The van der Waals surface area contributed by atoms with Gasteiger partial charge in [-0.25, -0.2) is 13.1 Å². The van der Waals surface area contributed by atoms with Gasteiger partial charge >= 0.3 is 0 Å². The lowest BCUT2D eigenvalue weighted by molar-refractivity contribution is 0.519. The molecule has 1 aromatic rings. The molecule has 16 heavy (non-hydrogen) atoms. The van der Waals surface area contributed by atoms with Gasteiger partial charge in [-0.1, -0.05) is 6.92 Å². The topological polar surface area (TPSA) is 86.9 Å². The van der Waals surface area contributed by atoms with E-state index in [-0.39, 0.29) is 10.8 Å². The van der Waals surface area contributed by atoms with Crippen molar-refractivity contribution in [2.45, 2.75) is 18.7 Å². The van der Waals surface area contributed by atoms with Crippen LogP contribution in [-0.4, -0.2) is 38.8 Å². The minimum absolute atomic E-state index is 0.212. The van der Waals surface area contributed by atoms with Crippen LogP contribution in [0.5, 0.6) is 0 Å². The van der Waals surface area contributed by atoms with Crippen LogP contribution in [0.15, 0.2) is 11.1 Å². The average molecular weight is 246 g/mol. The minimum Gasteiger partial charge on any atom is -0.319 e. The third-order valence-electron chi connectivity index (χ3n) is 2.25. The van der Waals surface area contributed by atoms with Crippen LogP contribution in [0.4, 0.5) is 0 Å². The first-order valence-corrected chi connectivity index (χ1v) is 6.60. The molecule has 1 unspecified atom stereocenters. The van der Waals surface area contributed by atoms with Gasteiger partial charge in [-0.3, -0.25) is 5.10 Å². The second-order valence-corrected chi connectivity index (χ2v) is 5.61. The van der Waals surface area contributed by atoms with Crippen molar-refractivity contribution in [1.29, 1.82) is 0 Å². The number of H-pyrrole nitrogens is 1. The Hall–Kier alpha value is -0.920. The van der Waals surface area contributed by atoms with Crippen molar-refractivity contribution in [3.8, 4) is 0 Å². The van der Waals surface area contributed by atoms with Crippen LogP contribution < -0.4 is 10.0 Å². The zero-order valence-electron chi connectivity index (χ0n) is 9.74. The molecule has 1 rings (SSSR count). The van der Waals surface area contributed by atoms with E-state index in [4.69, 9.17) is 0 Å². The van der Waals surface area contributed by atoms with Gasteiger partial charge in [0.2, 0.25) is 10.0 Å². The standard InChI is InChI=1S/C9H18N4O2S/c1-7(4-10-3)5-12-16(14,15)9-6-11-13-8(9)2/h6-7,10,12H,4-5H2,1-3H3,(H,11,13). The molecule has 0 radical (unpaired) electrons. The van der Waals surface area contributed by atoms with Crippen LogP contribution in [0.1, 0.15) is 12.6 Å². The molecule has 1 heterocycles. The van der Waals surface area contributed by atoms with Crippen molar-refractivity contribution in [3.63, 3.8) is 0 Å². The molecule has 0 aliphatic carbocycles. The summed E-state index contributed by atoms with van der Waals surface area (Å²) in [4.78, 5) is 0.212. The largest absolute Gasteiger partial charge is 0.319 e. The van der Waals surface area contributed by atoms with E-state index in [9.17, 15) is 8.42 Å². The summed E-state index contributed by atoms with van der Waals surface area (Å²) in [5.74, 6) is 0.243. The maximum atomic E-state index is 11.8. The fourth-order valence-electron chi connectivity index (χ4n) is 1.36. The van der Waals surface area contributed by atoms with Crippen molar-refractivity contribution in [2.24, 2.45) is 5.92 Å². The number of nitrogens with zero attached hydrogens (tertiary/aromatic N) is 1. The lowest BCUT2D eigenvalue weighted by Crippen LogP contribution is -2.32. The minimum atomic E-state index is -3.43. The molecular weight excluding hydrogens is 228 g/mol. The molecule has 1 aromatic heterocycles. The average Bonchev–Trinajstić information content (AvgIpc) is 2.63. The van der Waals surface area contributed by atoms with Gasteiger partial charge in [0, 0.05) is 6.54 Å². The summed E-state index contributed by atoms with van der Waals surface area (Å²) < 4.78 is 26.2. The normalized spacial score (nSPS) is 13.9. The number of hydrogen-bond donors (Lipinski definition) is 3. The summed E-state index contributed by atoms with van der Waals surface area (Å²) in [6.45, 7) is 4.83. The van der Waals surface area contributed by atoms with Crippen LogP contribution in [0.2, 0.25) is 0 Å². The Balaban J connectivity index is 2.63. The molecule has 6 nitrogen and oxygen atoms in total. The molecule has 0 amide bonds. The number of rotatable bonds is 6. The van der Waals surface area contributed by atoms with E-state index in [0.29, 0.717) is 12.2 Å². The van der Waals surface area contributed by atoms with Crippen LogP contribution in [0, 0.1) is 12.8 Å². The Bertz CT molecular complexity index is 426. The molecule has 0 aliphatic rings. The molecule has 0 aliphatic heterocycles. The van der Waals surface area contributed by atoms with Gasteiger partial charge in [0.25, 0.3) is 0 Å². The predicted molar refractivity (Wildman–Crippen MR) is 61.6 cm³/mol. The number of sulfonamides is 1. The quantitative estimate of drug-likeness (QED) is 0.651. The van der Waals surface area contributed by atoms with E-state index in [1.807, 2.05) is 14.0 Å². The molecule has 92 valence electrons. The lowest BCUT2D eigenvalue weighted by Gasteiger charge is -2.11. The number of aromatic nitrogens is 2. The smallest absolute Gasteiger partial charge is 0.243 e. The SMILES string of the molecule is CNCC(C)CNS(=O)(=O)c1cn[nH]c1C. The van der Waals surface area contributed by atoms with Crippen molar-refractivity contribution >= 4 is 10.0 Å². The van der Waals surface area contributed by atoms with Gasteiger partial charge in [-0.05, 0) is 26.4 Å². The number of aromatic amines is 1. The summed E-state index contributed by atoms with van der Waals surface area (Å²) in [5, 5.41) is 9.30. The zero-order valence-corrected chi connectivity index (χ0v) is 10.6. The molecule has 0 aromatic carbocycles. The summed E-state index contributed by atoms with van der Waals surface area (Å²) in [5.41, 5.74) is 0.550. The molecule has 0 spiro atoms. The Morgan fingerprint density at radius 2 is 2.19 bits per heavy atom. The van der Waals surface area contributed by atoms with Gasteiger partial charge in [-0.2, -0.15) is 5.10 Å². The first kappa shape index (κ1) is 13.1. The second kappa shape index (κ2) is 5.42. The van der Waals surface area contributed by atoms with E-state index in [0.717, 1.165) is 6.54 Å². The molecule has 0 saturated heterocycles. The monoisotopic (exact) mass is 246 g/mol. The molecule has 7 heteroatoms. The van der Waals surface area contributed by atoms with Gasteiger partial charge < -0.3 is 5.32 Å². The van der Waals surface area contributed by atoms with Gasteiger partial charge in [-0.15, -0.1) is 0 Å². The highest BCUT2D eigenvalue weighted by molar-refractivity contribution is 7.89. The highest BCUT2D eigenvalue weighted by atomic mass is 32.2. The first-order chi connectivity index (χ1) is 7.47. The van der Waals surface area contributed by atoms with Crippen LogP contribution in [0.3, 0.4) is 0 Å². The Kier molecular flexibility index (Phi) is 4.45. The lowest BCUT2D eigenvalue weighted by atomic mass is 10.2. The van der Waals surface area contributed by atoms with Crippen molar-refractivity contribution in [2.75, 3.05) is 20.1 Å². The Morgan fingerprint density at radius 3 is 2.69 bits per heavy atom. The summed E-state index contributed by atoms with van der Waals surface area (Å²) in [6.07, 6.45) is 1.32. The van der Waals surface area contributed by atoms with Crippen molar-refractivity contribution < 1.29 is 8.42 Å². The summed E-state index contributed by atoms with van der Waals surface area (Å²) in [6, 6.07) is 0. The van der Waals surface area contributed by atoms with Crippen molar-refractivity contribution in [3.05, 3.63) is 11.9 Å². The highest BCUT2D eigenvalue weighted by Crippen LogP contribution is 2.10. The molecule has 0 bridgehead atoms. The third-order valence-corrected chi connectivity index (χ3v) is 3.78. The van der Waals surface area contributed by atoms with Crippen LogP contribution >= 0.6 is 0 Å². The van der Waals surface area contributed by atoms with Crippen LogP contribution in [0.25, 0.3) is 0 Å². The number of nitrogens with one attached hydrogen (secondary N) is 3. The fourth-order valence-corrected chi connectivity index (χ4v) is 2.66. The zero-order chi connectivity index (χ0) is 12.2. The van der Waals surface area contributed by atoms with E-state index >= 15 is 0 Å². The molecule has 0 fully saturated rings. The second-order valence-electron chi connectivity index (χ2n) is 3.87. The summed E-state index contributed by atoms with van der Waals surface area (Å²) >= 11 is 0. The highest BCUT2D eigenvalue weighted by Gasteiger charge is 2.18.